The Morgan fingerprint density at radius 3 is 2.48 bits per heavy atom. The fraction of sp³-hybridized carbons (Fsp3) is 0.889. The van der Waals surface area contributed by atoms with Gasteiger partial charge >= 0.3 is 0 Å². The van der Waals surface area contributed by atoms with Crippen LogP contribution in [-0.4, -0.2) is 81.1 Å². The number of rotatable bonds is 8. The van der Waals surface area contributed by atoms with Crippen LogP contribution in [0.5, 0.6) is 0 Å². The molecule has 2 aliphatic rings. The second kappa shape index (κ2) is 11.3. The van der Waals surface area contributed by atoms with E-state index in [0.29, 0.717) is 0 Å². The summed E-state index contributed by atoms with van der Waals surface area (Å²) in [5.41, 5.74) is 5.44. The van der Waals surface area contributed by atoms with E-state index >= 15 is 0 Å². The number of amides is 1. The van der Waals surface area contributed by atoms with E-state index in [2.05, 4.69) is 25.4 Å². The molecule has 2 heterocycles. The number of nitrogens with two attached hydrogens (primary N) is 1. The number of nitrogens with one attached hydrogen (secondary N) is 2. The first-order chi connectivity index (χ1) is 12.2. The van der Waals surface area contributed by atoms with Crippen molar-refractivity contribution in [2.75, 3.05) is 59.4 Å². The molecule has 1 atom stereocenters. The van der Waals surface area contributed by atoms with Crippen molar-refractivity contribution in [2.24, 2.45) is 16.6 Å². The van der Waals surface area contributed by atoms with Crippen LogP contribution < -0.4 is 16.4 Å². The van der Waals surface area contributed by atoms with Crippen LogP contribution in [0.25, 0.3) is 0 Å². The van der Waals surface area contributed by atoms with Crippen molar-refractivity contribution in [3.63, 3.8) is 0 Å². The van der Waals surface area contributed by atoms with Crippen molar-refractivity contribution < 1.29 is 4.79 Å². The predicted molar refractivity (Wildman–Crippen MR) is 103 cm³/mol. The lowest BCUT2D eigenvalue weighted by molar-refractivity contribution is -0.123. The van der Waals surface area contributed by atoms with Crippen molar-refractivity contribution in [2.45, 2.75) is 38.5 Å². The normalized spacial score (nSPS) is 23.4. The van der Waals surface area contributed by atoms with Crippen molar-refractivity contribution in [3.05, 3.63) is 0 Å². The second-order valence-electron chi connectivity index (χ2n) is 7.22. The molecule has 144 valence electrons. The summed E-state index contributed by atoms with van der Waals surface area (Å²) in [6.07, 6.45) is 7.10. The molecule has 7 nitrogen and oxygen atoms in total. The number of likely N-dealkylation sites (tertiary alicyclic amines) is 2. The number of nitrogens with zero attached hydrogens (tertiary/aromatic N) is 3. The molecule has 4 N–H and O–H groups in total. The van der Waals surface area contributed by atoms with E-state index in [-0.39, 0.29) is 11.8 Å². The molecule has 0 radical (unpaired) electrons. The molecule has 1 amide bonds. The Morgan fingerprint density at radius 1 is 1.04 bits per heavy atom. The van der Waals surface area contributed by atoms with Crippen LogP contribution in [0.3, 0.4) is 0 Å². The third-order valence-corrected chi connectivity index (χ3v) is 5.24. The van der Waals surface area contributed by atoms with Gasteiger partial charge in [-0.25, -0.2) is 0 Å². The van der Waals surface area contributed by atoms with Gasteiger partial charge in [0.2, 0.25) is 5.91 Å². The highest BCUT2D eigenvalue weighted by atomic mass is 16.1. The van der Waals surface area contributed by atoms with Gasteiger partial charge in [0, 0.05) is 33.2 Å². The summed E-state index contributed by atoms with van der Waals surface area (Å²) in [5.74, 6) is 0.762. The van der Waals surface area contributed by atoms with Crippen LogP contribution in [0.2, 0.25) is 0 Å². The number of carbonyl (C=O) groups is 1. The number of piperidine rings is 2. The van der Waals surface area contributed by atoms with Crippen molar-refractivity contribution in [1.82, 2.24) is 20.4 Å². The van der Waals surface area contributed by atoms with Gasteiger partial charge < -0.3 is 26.2 Å². The Bertz CT molecular complexity index is 422. The lowest BCUT2D eigenvalue weighted by atomic mass is 9.97. The minimum Gasteiger partial charge on any atom is -0.369 e. The minimum absolute atomic E-state index is 0.0333. The van der Waals surface area contributed by atoms with Gasteiger partial charge in [0.05, 0.1) is 5.92 Å². The van der Waals surface area contributed by atoms with E-state index in [4.69, 9.17) is 5.73 Å². The molecule has 0 bridgehead atoms. The molecule has 0 spiro atoms. The van der Waals surface area contributed by atoms with E-state index in [9.17, 15) is 4.79 Å². The van der Waals surface area contributed by atoms with E-state index in [1.54, 1.807) is 0 Å². The van der Waals surface area contributed by atoms with Crippen molar-refractivity contribution in [3.8, 4) is 0 Å². The fourth-order valence-corrected chi connectivity index (χ4v) is 3.74. The van der Waals surface area contributed by atoms with E-state index in [1.165, 1.54) is 32.4 Å². The zero-order valence-electron chi connectivity index (χ0n) is 15.8. The Balaban J connectivity index is 1.54. The molecule has 2 saturated heterocycles. The van der Waals surface area contributed by atoms with E-state index in [1.807, 2.05) is 7.05 Å². The number of hydrogen-bond acceptors (Lipinski definition) is 4. The Kier molecular flexibility index (Phi) is 9.04. The van der Waals surface area contributed by atoms with Crippen LogP contribution in [-0.2, 0) is 4.79 Å². The monoisotopic (exact) mass is 352 g/mol. The fourth-order valence-electron chi connectivity index (χ4n) is 3.74. The summed E-state index contributed by atoms with van der Waals surface area (Å²) in [7, 11) is 1.82. The van der Waals surface area contributed by atoms with Crippen LogP contribution in [0, 0.1) is 5.92 Å². The quantitative estimate of drug-likeness (QED) is 0.331. The summed E-state index contributed by atoms with van der Waals surface area (Å²) >= 11 is 0. The maximum atomic E-state index is 11.3. The smallest absolute Gasteiger partial charge is 0.221 e. The first kappa shape index (κ1) is 20.0. The topological polar surface area (TPSA) is 86.0 Å². The molecule has 0 aliphatic carbocycles. The molecule has 25 heavy (non-hydrogen) atoms. The first-order valence-electron chi connectivity index (χ1n) is 9.87. The molecule has 0 aromatic carbocycles. The van der Waals surface area contributed by atoms with Gasteiger partial charge in [-0.2, -0.15) is 0 Å². The van der Waals surface area contributed by atoms with Gasteiger partial charge in [-0.3, -0.25) is 9.79 Å². The highest BCUT2D eigenvalue weighted by Crippen LogP contribution is 2.15. The Morgan fingerprint density at radius 2 is 1.76 bits per heavy atom. The molecular weight excluding hydrogens is 316 g/mol. The summed E-state index contributed by atoms with van der Waals surface area (Å²) in [5, 5.41) is 6.78. The van der Waals surface area contributed by atoms with Gasteiger partial charge in [0.1, 0.15) is 0 Å². The maximum absolute atomic E-state index is 11.3. The van der Waals surface area contributed by atoms with Gasteiger partial charge in [0.15, 0.2) is 5.96 Å². The summed E-state index contributed by atoms with van der Waals surface area (Å²) in [4.78, 5) is 20.5. The Hall–Kier alpha value is -1.34. The average Bonchev–Trinajstić information content (AvgIpc) is 2.64. The lowest BCUT2D eigenvalue weighted by Gasteiger charge is -2.31. The van der Waals surface area contributed by atoms with E-state index in [0.717, 1.165) is 64.5 Å². The number of primary amides is 1. The molecule has 2 aliphatic heterocycles. The van der Waals surface area contributed by atoms with E-state index < -0.39 is 0 Å². The number of guanidine groups is 1. The zero-order chi connectivity index (χ0) is 17.9. The average molecular weight is 353 g/mol. The minimum atomic E-state index is -0.152. The highest BCUT2D eigenvalue weighted by Gasteiger charge is 2.23. The van der Waals surface area contributed by atoms with Crippen molar-refractivity contribution in [1.29, 1.82) is 0 Å². The first-order valence-corrected chi connectivity index (χ1v) is 9.87. The molecule has 2 rings (SSSR count). The summed E-state index contributed by atoms with van der Waals surface area (Å²) in [6, 6.07) is 0. The predicted octanol–water partition coefficient (Wildman–Crippen LogP) is 0.225. The van der Waals surface area contributed by atoms with Crippen LogP contribution in [0.4, 0.5) is 0 Å². The van der Waals surface area contributed by atoms with Gasteiger partial charge in [-0.15, -0.1) is 0 Å². The summed E-state index contributed by atoms with van der Waals surface area (Å²) in [6.45, 7) is 8.27. The molecular formula is C18H36N6O. The van der Waals surface area contributed by atoms with Crippen LogP contribution in [0.1, 0.15) is 38.5 Å². The SMILES string of the molecule is CN=C(NCCCN1CCCC(C(N)=O)C1)NCCN1CCCCC1. The molecule has 1 unspecified atom stereocenters. The second-order valence-corrected chi connectivity index (χ2v) is 7.22. The van der Waals surface area contributed by atoms with Crippen LogP contribution >= 0.6 is 0 Å². The molecule has 2 fully saturated rings. The largest absolute Gasteiger partial charge is 0.369 e. The highest BCUT2D eigenvalue weighted by molar-refractivity contribution is 5.79. The number of carbonyl (C=O) groups excluding carboxylic acids is 1. The third kappa shape index (κ3) is 7.61. The maximum Gasteiger partial charge on any atom is 0.221 e. The number of aliphatic imine (C=N–C) groups is 1. The van der Waals surface area contributed by atoms with Crippen LogP contribution in [0.15, 0.2) is 4.99 Å². The Labute approximate surface area is 152 Å². The molecule has 0 aromatic heterocycles. The standard InChI is InChI=1S/C18H36N6O/c1-20-18(22-9-14-23-10-3-2-4-11-23)21-8-6-13-24-12-5-7-16(15-24)17(19)25/h16H,2-15H2,1H3,(H2,19,25)(H2,20,21,22). The van der Waals surface area contributed by atoms with Gasteiger partial charge in [-0.05, 0) is 58.3 Å². The number of hydrogen-bond donors (Lipinski definition) is 3. The molecule has 0 aromatic rings. The molecule has 7 heteroatoms. The lowest BCUT2D eigenvalue weighted by Crippen LogP contribution is -2.44. The zero-order valence-corrected chi connectivity index (χ0v) is 15.8. The summed E-state index contributed by atoms with van der Waals surface area (Å²) < 4.78 is 0. The van der Waals surface area contributed by atoms with Gasteiger partial charge in [-0.1, -0.05) is 6.42 Å². The third-order valence-electron chi connectivity index (χ3n) is 5.24. The molecule has 0 saturated carbocycles. The van der Waals surface area contributed by atoms with Crippen molar-refractivity contribution >= 4 is 11.9 Å². The van der Waals surface area contributed by atoms with Gasteiger partial charge in [0.25, 0.3) is 0 Å².